The van der Waals surface area contributed by atoms with Crippen molar-refractivity contribution in [1.82, 2.24) is 14.9 Å². The van der Waals surface area contributed by atoms with Crippen molar-refractivity contribution in [1.29, 1.82) is 0 Å². The van der Waals surface area contributed by atoms with Crippen molar-refractivity contribution < 1.29 is 0 Å². The number of nitrogens with one attached hydrogen (secondary N) is 2. The number of benzene rings is 1. The van der Waals surface area contributed by atoms with Crippen molar-refractivity contribution in [3.8, 4) is 0 Å². The van der Waals surface area contributed by atoms with E-state index in [-0.39, 0.29) is 5.56 Å². The van der Waals surface area contributed by atoms with Crippen LogP contribution in [0.5, 0.6) is 0 Å². The van der Waals surface area contributed by atoms with Gasteiger partial charge in [0.1, 0.15) is 0 Å². The van der Waals surface area contributed by atoms with Crippen molar-refractivity contribution in [2.24, 2.45) is 0 Å². The van der Waals surface area contributed by atoms with Gasteiger partial charge in [-0.2, -0.15) is 0 Å². The molecule has 3 rings (SSSR count). The molecule has 4 N–H and O–H groups in total. The zero-order valence-corrected chi connectivity index (χ0v) is 12.1. The van der Waals surface area contributed by atoms with Gasteiger partial charge in [-0.3, -0.25) is 4.79 Å². The van der Waals surface area contributed by atoms with Gasteiger partial charge in [-0.25, -0.2) is 4.98 Å². The summed E-state index contributed by atoms with van der Waals surface area (Å²) in [5.41, 5.74) is 7.94. The van der Waals surface area contributed by atoms with Crippen LogP contribution in [0.3, 0.4) is 0 Å². The first-order valence-electron chi connectivity index (χ1n) is 7.47. The van der Waals surface area contributed by atoms with Crippen molar-refractivity contribution in [3.63, 3.8) is 0 Å². The first kappa shape index (κ1) is 13.9. The lowest BCUT2D eigenvalue weighted by atomic mass is 10.2. The number of aromatic nitrogens is 2. The van der Waals surface area contributed by atoms with E-state index in [1.165, 1.54) is 32.3 Å². The number of H-pyrrole nitrogens is 1. The van der Waals surface area contributed by atoms with E-state index in [0.717, 1.165) is 25.2 Å². The van der Waals surface area contributed by atoms with Crippen LogP contribution in [0.25, 0.3) is 10.9 Å². The fourth-order valence-electron chi connectivity index (χ4n) is 2.82. The van der Waals surface area contributed by atoms with Gasteiger partial charge in [0, 0.05) is 6.54 Å². The Kier molecular flexibility index (Phi) is 4.06. The van der Waals surface area contributed by atoms with E-state index in [1.54, 1.807) is 6.07 Å². The summed E-state index contributed by atoms with van der Waals surface area (Å²) in [7, 11) is 0. The summed E-state index contributed by atoms with van der Waals surface area (Å²) in [4.78, 5) is 20.9. The number of hydrogen-bond acceptors (Lipinski definition) is 5. The molecule has 1 aromatic carbocycles. The van der Waals surface area contributed by atoms with Gasteiger partial charge in [0.2, 0.25) is 0 Å². The average molecular weight is 287 g/mol. The van der Waals surface area contributed by atoms with E-state index < -0.39 is 0 Å². The van der Waals surface area contributed by atoms with Gasteiger partial charge in [-0.1, -0.05) is 0 Å². The Balaban J connectivity index is 1.63. The molecule has 1 aliphatic heterocycles. The standard InChI is InChI=1S/C15H21N5O/c16-12-8-11-13(18-10-19-15(11)21)9-14(12)17-4-3-7-20-5-1-2-6-20/h8-10,17H,1-7,16H2,(H,18,19,21). The highest BCUT2D eigenvalue weighted by Gasteiger charge is 2.10. The maximum absolute atomic E-state index is 11.7. The van der Waals surface area contributed by atoms with Crippen LogP contribution in [0.2, 0.25) is 0 Å². The van der Waals surface area contributed by atoms with Crippen molar-refractivity contribution in [2.75, 3.05) is 37.2 Å². The molecule has 0 unspecified atom stereocenters. The van der Waals surface area contributed by atoms with Crippen molar-refractivity contribution >= 4 is 22.3 Å². The second-order valence-electron chi connectivity index (χ2n) is 5.52. The third kappa shape index (κ3) is 3.16. The number of anilines is 2. The van der Waals surface area contributed by atoms with E-state index in [1.807, 2.05) is 6.07 Å². The van der Waals surface area contributed by atoms with Gasteiger partial charge in [0.15, 0.2) is 0 Å². The third-order valence-corrected chi connectivity index (χ3v) is 3.98. The summed E-state index contributed by atoms with van der Waals surface area (Å²) in [6.45, 7) is 4.45. The maximum Gasteiger partial charge on any atom is 0.258 e. The Labute approximate surface area is 123 Å². The van der Waals surface area contributed by atoms with E-state index in [0.29, 0.717) is 16.6 Å². The van der Waals surface area contributed by atoms with Gasteiger partial charge in [-0.05, 0) is 51.0 Å². The summed E-state index contributed by atoms with van der Waals surface area (Å²) < 4.78 is 0. The molecule has 1 aliphatic rings. The quantitative estimate of drug-likeness (QED) is 0.571. The minimum Gasteiger partial charge on any atom is -0.397 e. The summed E-state index contributed by atoms with van der Waals surface area (Å²) in [6, 6.07) is 3.53. The number of fused-ring (bicyclic) bond motifs is 1. The number of likely N-dealkylation sites (tertiary alicyclic amines) is 1. The molecular formula is C15H21N5O. The van der Waals surface area contributed by atoms with Crippen LogP contribution in [0.1, 0.15) is 19.3 Å². The highest BCUT2D eigenvalue weighted by Crippen LogP contribution is 2.22. The Bertz CT molecular complexity index is 675. The van der Waals surface area contributed by atoms with Crippen LogP contribution in [0, 0.1) is 0 Å². The van der Waals surface area contributed by atoms with Gasteiger partial charge < -0.3 is 20.9 Å². The number of nitrogen functional groups attached to an aromatic ring is 1. The lowest BCUT2D eigenvalue weighted by Crippen LogP contribution is -2.22. The molecular weight excluding hydrogens is 266 g/mol. The molecule has 0 aliphatic carbocycles. The SMILES string of the molecule is Nc1cc2c(=O)[nH]cnc2cc1NCCCN1CCCC1. The van der Waals surface area contributed by atoms with E-state index in [4.69, 9.17) is 5.73 Å². The Morgan fingerprint density at radius 3 is 2.95 bits per heavy atom. The van der Waals surface area contributed by atoms with E-state index >= 15 is 0 Å². The molecule has 2 aromatic rings. The fourth-order valence-corrected chi connectivity index (χ4v) is 2.82. The van der Waals surface area contributed by atoms with Gasteiger partial charge in [0.05, 0.1) is 28.6 Å². The van der Waals surface area contributed by atoms with Crippen LogP contribution in [-0.4, -0.2) is 41.0 Å². The Morgan fingerprint density at radius 2 is 2.14 bits per heavy atom. The predicted octanol–water partition coefficient (Wildman–Crippen LogP) is 1.40. The normalized spacial score (nSPS) is 15.6. The lowest BCUT2D eigenvalue weighted by molar-refractivity contribution is 0.337. The first-order valence-corrected chi connectivity index (χ1v) is 7.47. The zero-order valence-electron chi connectivity index (χ0n) is 12.1. The minimum absolute atomic E-state index is 0.160. The number of aromatic amines is 1. The lowest BCUT2D eigenvalue weighted by Gasteiger charge is -2.15. The molecule has 112 valence electrons. The second kappa shape index (κ2) is 6.13. The average Bonchev–Trinajstić information content (AvgIpc) is 2.98. The summed E-state index contributed by atoms with van der Waals surface area (Å²) >= 11 is 0. The van der Waals surface area contributed by atoms with Gasteiger partial charge in [0.25, 0.3) is 5.56 Å². The molecule has 0 spiro atoms. The fraction of sp³-hybridized carbons (Fsp3) is 0.467. The zero-order chi connectivity index (χ0) is 14.7. The highest BCUT2D eigenvalue weighted by molar-refractivity contribution is 5.88. The van der Waals surface area contributed by atoms with Crippen LogP contribution in [0.15, 0.2) is 23.3 Å². The Morgan fingerprint density at radius 1 is 1.33 bits per heavy atom. The molecule has 1 aromatic heterocycles. The molecule has 0 saturated carbocycles. The second-order valence-corrected chi connectivity index (χ2v) is 5.52. The van der Waals surface area contributed by atoms with E-state index in [2.05, 4.69) is 20.2 Å². The number of nitrogens with two attached hydrogens (primary N) is 1. The molecule has 6 heteroatoms. The van der Waals surface area contributed by atoms with Gasteiger partial charge >= 0.3 is 0 Å². The Hall–Kier alpha value is -2.08. The molecule has 1 fully saturated rings. The monoisotopic (exact) mass is 287 g/mol. The minimum atomic E-state index is -0.160. The number of rotatable bonds is 5. The highest BCUT2D eigenvalue weighted by atomic mass is 16.1. The summed E-state index contributed by atoms with van der Waals surface area (Å²) in [5, 5.41) is 3.87. The van der Waals surface area contributed by atoms with Crippen molar-refractivity contribution in [2.45, 2.75) is 19.3 Å². The maximum atomic E-state index is 11.7. The van der Waals surface area contributed by atoms with Crippen molar-refractivity contribution in [3.05, 3.63) is 28.8 Å². The molecule has 0 bridgehead atoms. The summed E-state index contributed by atoms with van der Waals surface area (Å²) in [5.74, 6) is 0. The van der Waals surface area contributed by atoms with Crippen LogP contribution in [-0.2, 0) is 0 Å². The van der Waals surface area contributed by atoms with Crippen LogP contribution in [0.4, 0.5) is 11.4 Å². The molecule has 21 heavy (non-hydrogen) atoms. The van der Waals surface area contributed by atoms with Gasteiger partial charge in [-0.15, -0.1) is 0 Å². The van der Waals surface area contributed by atoms with E-state index in [9.17, 15) is 4.79 Å². The molecule has 6 nitrogen and oxygen atoms in total. The molecule has 0 amide bonds. The molecule has 0 radical (unpaired) electrons. The number of hydrogen-bond donors (Lipinski definition) is 3. The van der Waals surface area contributed by atoms with Crippen LogP contribution < -0.4 is 16.6 Å². The number of nitrogens with zero attached hydrogens (tertiary/aromatic N) is 2. The first-order chi connectivity index (χ1) is 10.2. The van der Waals surface area contributed by atoms with Crippen LogP contribution >= 0.6 is 0 Å². The molecule has 2 heterocycles. The largest absolute Gasteiger partial charge is 0.397 e. The molecule has 0 atom stereocenters. The topological polar surface area (TPSA) is 87.0 Å². The third-order valence-electron chi connectivity index (χ3n) is 3.98. The summed E-state index contributed by atoms with van der Waals surface area (Å²) in [6.07, 6.45) is 5.15. The molecule has 1 saturated heterocycles. The smallest absolute Gasteiger partial charge is 0.258 e. The predicted molar refractivity (Wildman–Crippen MR) is 85.6 cm³/mol.